The SMILES string of the molecule is [CH2]C(C)(C)C(CCC)(CCN)Cc1ccccc1. The van der Waals surface area contributed by atoms with Crippen LogP contribution in [0.5, 0.6) is 0 Å². The van der Waals surface area contributed by atoms with E-state index in [0.717, 1.165) is 19.4 Å². The van der Waals surface area contributed by atoms with Crippen molar-refractivity contribution in [3.63, 3.8) is 0 Å². The lowest BCUT2D eigenvalue weighted by Gasteiger charge is -2.45. The van der Waals surface area contributed by atoms with Crippen molar-refractivity contribution in [3.8, 4) is 0 Å². The van der Waals surface area contributed by atoms with Gasteiger partial charge >= 0.3 is 0 Å². The molecule has 0 bridgehead atoms. The fraction of sp³-hybridized carbons (Fsp3) is 0.588. The maximum absolute atomic E-state index is 5.87. The summed E-state index contributed by atoms with van der Waals surface area (Å²) in [7, 11) is 0. The Hall–Kier alpha value is -0.820. The van der Waals surface area contributed by atoms with Crippen molar-refractivity contribution in [2.24, 2.45) is 16.6 Å². The summed E-state index contributed by atoms with van der Waals surface area (Å²) < 4.78 is 0. The number of hydrogen-bond donors (Lipinski definition) is 1. The van der Waals surface area contributed by atoms with Crippen LogP contribution in [0.2, 0.25) is 0 Å². The number of benzene rings is 1. The molecule has 0 aliphatic carbocycles. The summed E-state index contributed by atoms with van der Waals surface area (Å²) >= 11 is 0. The summed E-state index contributed by atoms with van der Waals surface area (Å²) in [6.45, 7) is 11.9. The first-order valence-corrected chi connectivity index (χ1v) is 7.04. The van der Waals surface area contributed by atoms with Crippen LogP contribution in [0.4, 0.5) is 0 Å². The van der Waals surface area contributed by atoms with E-state index in [1.54, 1.807) is 0 Å². The van der Waals surface area contributed by atoms with Crippen LogP contribution >= 0.6 is 0 Å². The average molecular weight is 246 g/mol. The molecule has 1 aromatic carbocycles. The third-order valence-electron chi connectivity index (χ3n) is 4.17. The van der Waals surface area contributed by atoms with Gasteiger partial charge in [0, 0.05) is 0 Å². The molecule has 1 radical (unpaired) electrons. The first kappa shape index (κ1) is 15.2. The van der Waals surface area contributed by atoms with E-state index in [4.69, 9.17) is 5.73 Å². The van der Waals surface area contributed by atoms with E-state index in [9.17, 15) is 0 Å². The Labute approximate surface area is 113 Å². The first-order valence-electron chi connectivity index (χ1n) is 7.04. The van der Waals surface area contributed by atoms with Gasteiger partial charge in [-0.25, -0.2) is 0 Å². The van der Waals surface area contributed by atoms with Gasteiger partial charge in [0.25, 0.3) is 0 Å². The summed E-state index contributed by atoms with van der Waals surface area (Å²) in [6, 6.07) is 10.7. The second-order valence-corrected chi connectivity index (χ2v) is 6.12. The van der Waals surface area contributed by atoms with Crippen LogP contribution in [0, 0.1) is 17.8 Å². The highest BCUT2D eigenvalue weighted by atomic mass is 14.6. The summed E-state index contributed by atoms with van der Waals surface area (Å²) in [5.41, 5.74) is 7.51. The van der Waals surface area contributed by atoms with Crippen LogP contribution in [-0.2, 0) is 6.42 Å². The maximum atomic E-state index is 5.87. The topological polar surface area (TPSA) is 26.0 Å². The Morgan fingerprint density at radius 1 is 1.11 bits per heavy atom. The van der Waals surface area contributed by atoms with Gasteiger partial charge in [0.05, 0.1) is 0 Å². The molecule has 101 valence electrons. The van der Waals surface area contributed by atoms with Gasteiger partial charge in [0.1, 0.15) is 0 Å². The van der Waals surface area contributed by atoms with Gasteiger partial charge in [-0.3, -0.25) is 0 Å². The molecule has 1 unspecified atom stereocenters. The van der Waals surface area contributed by atoms with Crippen molar-refractivity contribution in [1.82, 2.24) is 0 Å². The van der Waals surface area contributed by atoms with Crippen LogP contribution in [0.25, 0.3) is 0 Å². The number of hydrogen-bond acceptors (Lipinski definition) is 1. The van der Waals surface area contributed by atoms with Crippen molar-refractivity contribution < 1.29 is 0 Å². The molecule has 1 heteroatoms. The summed E-state index contributed by atoms with van der Waals surface area (Å²) in [6.07, 6.45) is 4.50. The minimum Gasteiger partial charge on any atom is -0.330 e. The lowest BCUT2D eigenvalue weighted by molar-refractivity contribution is 0.0878. The Morgan fingerprint density at radius 2 is 1.72 bits per heavy atom. The van der Waals surface area contributed by atoms with Crippen LogP contribution < -0.4 is 5.73 Å². The molecule has 0 aliphatic rings. The van der Waals surface area contributed by atoms with Gasteiger partial charge in [0.15, 0.2) is 0 Å². The van der Waals surface area contributed by atoms with E-state index in [1.807, 2.05) is 0 Å². The standard InChI is InChI=1S/C17H28N/c1-5-11-17(12-13-18,16(2,3)4)14-15-9-7-6-8-10-15/h6-10H,2,5,11-14,18H2,1,3-4H3. The van der Waals surface area contributed by atoms with Crippen LogP contribution in [0.1, 0.15) is 45.6 Å². The minimum absolute atomic E-state index is 0.0399. The fourth-order valence-electron chi connectivity index (χ4n) is 2.96. The molecule has 0 saturated heterocycles. The largest absolute Gasteiger partial charge is 0.330 e. The molecule has 1 nitrogen and oxygen atoms in total. The smallest absolute Gasteiger partial charge is 0.00717 e. The van der Waals surface area contributed by atoms with E-state index in [0.29, 0.717) is 0 Å². The molecule has 0 heterocycles. The second kappa shape index (κ2) is 6.38. The van der Waals surface area contributed by atoms with Crippen LogP contribution in [0.3, 0.4) is 0 Å². The molecular formula is C17H28N. The highest BCUT2D eigenvalue weighted by Gasteiger charge is 2.40. The van der Waals surface area contributed by atoms with Crippen molar-refractivity contribution in [2.45, 2.75) is 46.5 Å². The Morgan fingerprint density at radius 3 is 2.17 bits per heavy atom. The highest BCUT2D eigenvalue weighted by Crippen LogP contribution is 2.47. The normalized spacial score (nSPS) is 15.4. The second-order valence-electron chi connectivity index (χ2n) is 6.12. The summed E-state index contributed by atoms with van der Waals surface area (Å²) in [5, 5.41) is 0. The molecule has 0 aromatic heterocycles. The van der Waals surface area contributed by atoms with Crippen LogP contribution in [0.15, 0.2) is 30.3 Å². The van der Waals surface area contributed by atoms with E-state index < -0.39 is 0 Å². The summed E-state index contributed by atoms with van der Waals surface area (Å²) in [4.78, 5) is 0. The molecule has 0 aliphatic heterocycles. The highest BCUT2D eigenvalue weighted by molar-refractivity contribution is 5.18. The van der Waals surface area contributed by atoms with E-state index in [1.165, 1.54) is 18.4 Å². The van der Waals surface area contributed by atoms with Gasteiger partial charge in [-0.05, 0) is 49.1 Å². The first-order chi connectivity index (χ1) is 8.45. The van der Waals surface area contributed by atoms with Crippen molar-refractivity contribution in [3.05, 3.63) is 42.8 Å². The molecule has 18 heavy (non-hydrogen) atoms. The third-order valence-corrected chi connectivity index (χ3v) is 4.17. The molecule has 1 atom stereocenters. The predicted octanol–water partition coefficient (Wildman–Crippen LogP) is 4.22. The lowest BCUT2D eigenvalue weighted by Crippen LogP contribution is -2.40. The predicted molar refractivity (Wildman–Crippen MR) is 80.3 cm³/mol. The molecule has 2 N–H and O–H groups in total. The third kappa shape index (κ3) is 3.58. The lowest BCUT2D eigenvalue weighted by atomic mass is 9.59. The minimum atomic E-state index is 0.0399. The molecule has 1 rings (SSSR count). The maximum Gasteiger partial charge on any atom is -0.00717 e. The molecular weight excluding hydrogens is 218 g/mol. The van der Waals surface area contributed by atoms with Gasteiger partial charge < -0.3 is 5.73 Å². The zero-order valence-corrected chi connectivity index (χ0v) is 12.2. The van der Waals surface area contributed by atoms with Gasteiger partial charge in [0.2, 0.25) is 0 Å². The van der Waals surface area contributed by atoms with Crippen molar-refractivity contribution in [1.29, 1.82) is 0 Å². The average Bonchev–Trinajstić information content (AvgIpc) is 2.29. The molecule has 0 fully saturated rings. The van der Waals surface area contributed by atoms with Crippen molar-refractivity contribution in [2.75, 3.05) is 6.54 Å². The van der Waals surface area contributed by atoms with Gasteiger partial charge in [-0.1, -0.05) is 57.5 Å². The van der Waals surface area contributed by atoms with Crippen molar-refractivity contribution >= 4 is 0 Å². The Bertz CT molecular complexity index is 328. The zero-order chi connectivity index (χ0) is 13.6. The molecule has 0 amide bonds. The Kier molecular flexibility index (Phi) is 5.40. The van der Waals surface area contributed by atoms with E-state index in [-0.39, 0.29) is 10.8 Å². The number of nitrogens with two attached hydrogens (primary N) is 1. The van der Waals surface area contributed by atoms with E-state index in [2.05, 4.69) is 58.0 Å². The van der Waals surface area contributed by atoms with Crippen LogP contribution in [-0.4, -0.2) is 6.54 Å². The van der Waals surface area contributed by atoms with Gasteiger partial charge in [-0.2, -0.15) is 0 Å². The fourth-order valence-corrected chi connectivity index (χ4v) is 2.96. The quantitative estimate of drug-likeness (QED) is 0.765. The Balaban J connectivity index is 3.02. The molecule has 0 saturated carbocycles. The zero-order valence-electron chi connectivity index (χ0n) is 12.2. The van der Waals surface area contributed by atoms with Gasteiger partial charge in [-0.15, -0.1) is 0 Å². The molecule has 1 aromatic rings. The summed E-state index contributed by atoms with van der Waals surface area (Å²) in [5.74, 6) is 0. The number of rotatable bonds is 7. The molecule has 0 spiro atoms. The van der Waals surface area contributed by atoms with E-state index >= 15 is 0 Å². The monoisotopic (exact) mass is 246 g/mol.